The van der Waals surface area contributed by atoms with Crippen LogP contribution in [0.5, 0.6) is 0 Å². The first-order chi connectivity index (χ1) is 9.47. The predicted molar refractivity (Wildman–Crippen MR) is 85.9 cm³/mol. The van der Waals surface area contributed by atoms with Gasteiger partial charge < -0.3 is 5.32 Å². The third kappa shape index (κ3) is 5.63. The SMILES string of the molecule is CCCNCC(CCS(=O)(=O)C(C)C)c1ccccc1. The fourth-order valence-electron chi connectivity index (χ4n) is 2.11. The predicted octanol–water partition coefficient (Wildman–Crippen LogP) is 2.98. The van der Waals surface area contributed by atoms with E-state index in [1.807, 2.05) is 18.2 Å². The molecule has 114 valence electrons. The first kappa shape index (κ1) is 17.2. The van der Waals surface area contributed by atoms with Crippen LogP contribution in [0.3, 0.4) is 0 Å². The summed E-state index contributed by atoms with van der Waals surface area (Å²) in [6, 6.07) is 10.2. The second-order valence-corrected chi connectivity index (χ2v) is 8.19. The summed E-state index contributed by atoms with van der Waals surface area (Å²) >= 11 is 0. The summed E-state index contributed by atoms with van der Waals surface area (Å²) in [6.07, 6.45) is 1.77. The topological polar surface area (TPSA) is 46.2 Å². The molecular weight excluding hydrogens is 270 g/mol. The van der Waals surface area contributed by atoms with Gasteiger partial charge in [0.05, 0.1) is 11.0 Å². The maximum Gasteiger partial charge on any atom is 0.152 e. The smallest absolute Gasteiger partial charge is 0.152 e. The van der Waals surface area contributed by atoms with Gasteiger partial charge in [0.1, 0.15) is 0 Å². The second-order valence-electron chi connectivity index (χ2n) is 5.52. The molecular formula is C16H27NO2S. The minimum atomic E-state index is -2.96. The Bertz CT molecular complexity index is 469. The Morgan fingerprint density at radius 1 is 1.15 bits per heavy atom. The van der Waals surface area contributed by atoms with Crippen molar-refractivity contribution in [1.82, 2.24) is 5.32 Å². The summed E-state index contributed by atoms with van der Waals surface area (Å²) in [5.41, 5.74) is 1.22. The Balaban J connectivity index is 2.69. The summed E-state index contributed by atoms with van der Waals surface area (Å²) in [5.74, 6) is 0.522. The van der Waals surface area contributed by atoms with E-state index in [9.17, 15) is 8.42 Å². The summed E-state index contributed by atoms with van der Waals surface area (Å²) in [4.78, 5) is 0. The second kappa shape index (κ2) is 8.42. The van der Waals surface area contributed by atoms with Crippen LogP contribution in [0.15, 0.2) is 30.3 Å². The van der Waals surface area contributed by atoms with Crippen LogP contribution in [0, 0.1) is 0 Å². The molecule has 0 saturated carbocycles. The molecule has 0 amide bonds. The number of rotatable bonds is 9. The Morgan fingerprint density at radius 2 is 1.80 bits per heavy atom. The van der Waals surface area contributed by atoms with Crippen molar-refractivity contribution >= 4 is 9.84 Å². The highest BCUT2D eigenvalue weighted by Gasteiger charge is 2.19. The van der Waals surface area contributed by atoms with Crippen LogP contribution in [0.2, 0.25) is 0 Å². The first-order valence-corrected chi connectivity index (χ1v) is 9.16. The van der Waals surface area contributed by atoms with Crippen molar-refractivity contribution in [2.45, 2.75) is 44.8 Å². The standard InChI is InChI=1S/C16H27NO2S/c1-4-11-17-13-16(15-8-6-5-7-9-15)10-12-20(18,19)14(2)3/h5-9,14,16-17H,4,10-13H2,1-3H3. The van der Waals surface area contributed by atoms with Crippen molar-refractivity contribution in [3.63, 3.8) is 0 Å². The van der Waals surface area contributed by atoms with E-state index in [1.165, 1.54) is 5.56 Å². The number of hydrogen-bond acceptors (Lipinski definition) is 3. The molecule has 0 saturated heterocycles. The summed E-state index contributed by atoms with van der Waals surface area (Å²) in [7, 11) is -2.96. The zero-order valence-electron chi connectivity index (χ0n) is 12.8. The Kier molecular flexibility index (Phi) is 7.24. The van der Waals surface area contributed by atoms with Crippen LogP contribution in [-0.2, 0) is 9.84 Å². The largest absolute Gasteiger partial charge is 0.316 e. The molecule has 4 heteroatoms. The maximum absolute atomic E-state index is 12.0. The van der Waals surface area contributed by atoms with E-state index in [0.717, 1.165) is 19.5 Å². The summed E-state index contributed by atoms with van der Waals surface area (Å²) < 4.78 is 24.0. The van der Waals surface area contributed by atoms with Crippen molar-refractivity contribution in [1.29, 1.82) is 0 Å². The van der Waals surface area contributed by atoms with Gasteiger partial charge >= 0.3 is 0 Å². The van der Waals surface area contributed by atoms with Crippen LogP contribution in [-0.4, -0.2) is 32.5 Å². The van der Waals surface area contributed by atoms with Crippen LogP contribution in [0.25, 0.3) is 0 Å². The van der Waals surface area contributed by atoms with Gasteiger partial charge in [-0.25, -0.2) is 8.42 Å². The fraction of sp³-hybridized carbons (Fsp3) is 0.625. The summed E-state index contributed by atoms with van der Waals surface area (Å²) in [5, 5.41) is 3.11. The molecule has 20 heavy (non-hydrogen) atoms. The van der Waals surface area contributed by atoms with E-state index in [4.69, 9.17) is 0 Å². The van der Waals surface area contributed by atoms with Crippen LogP contribution in [0.4, 0.5) is 0 Å². The number of hydrogen-bond donors (Lipinski definition) is 1. The van der Waals surface area contributed by atoms with Crippen LogP contribution >= 0.6 is 0 Å². The molecule has 1 unspecified atom stereocenters. The van der Waals surface area contributed by atoms with Crippen LogP contribution < -0.4 is 5.32 Å². The zero-order chi connectivity index (χ0) is 15.0. The molecule has 0 spiro atoms. The van der Waals surface area contributed by atoms with Gasteiger partial charge in [-0.05, 0) is 44.7 Å². The maximum atomic E-state index is 12.0. The molecule has 3 nitrogen and oxygen atoms in total. The molecule has 1 N–H and O–H groups in total. The lowest BCUT2D eigenvalue weighted by Crippen LogP contribution is -2.25. The van der Waals surface area contributed by atoms with E-state index in [-0.39, 0.29) is 16.9 Å². The molecule has 1 atom stereocenters. The van der Waals surface area contributed by atoms with E-state index in [1.54, 1.807) is 13.8 Å². The molecule has 0 aromatic heterocycles. The molecule has 1 rings (SSSR count). The van der Waals surface area contributed by atoms with Gasteiger partial charge in [-0.15, -0.1) is 0 Å². The molecule has 0 radical (unpaired) electrons. The van der Waals surface area contributed by atoms with Crippen molar-refractivity contribution in [2.75, 3.05) is 18.8 Å². The quantitative estimate of drug-likeness (QED) is 0.713. The molecule has 0 aliphatic carbocycles. The van der Waals surface area contributed by atoms with Crippen molar-refractivity contribution < 1.29 is 8.42 Å². The average Bonchev–Trinajstić information content (AvgIpc) is 2.43. The molecule has 1 aromatic carbocycles. The highest BCUT2D eigenvalue weighted by atomic mass is 32.2. The van der Waals surface area contributed by atoms with E-state index >= 15 is 0 Å². The Labute approximate surface area is 123 Å². The zero-order valence-corrected chi connectivity index (χ0v) is 13.6. The van der Waals surface area contributed by atoms with Gasteiger partial charge in [-0.1, -0.05) is 37.3 Å². The fourth-order valence-corrected chi connectivity index (χ4v) is 3.19. The van der Waals surface area contributed by atoms with Gasteiger partial charge in [0, 0.05) is 6.54 Å². The molecule has 0 aliphatic rings. The lowest BCUT2D eigenvalue weighted by molar-refractivity contribution is 0.551. The van der Waals surface area contributed by atoms with Crippen molar-refractivity contribution in [2.24, 2.45) is 0 Å². The van der Waals surface area contributed by atoms with Gasteiger partial charge in [-0.3, -0.25) is 0 Å². The first-order valence-electron chi connectivity index (χ1n) is 7.44. The third-order valence-electron chi connectivity index (χ3n) is 3.56. The normalized spacial score (nSPS) is 13.6. The molecule has 1 aromatic rings. The monoisotopic (exact) mass is 297 g/mol. The van der Waals surface area contributed by atoms with E-state index in [2.05, 4.69) is 24.4 Å². The molecule has 0 bridgehead atoms. The van der Waals surface area contributed by atoms with Gasteiger partial charge in [-0.2, -0.15) is 0 Å². The lowest BCUT2D eigenvalue weighted by Gasteiger charge is -2.19. The van der Waals surface area contributed by atoms with Crippen LogP contribution in [0.1, 0.15) is 45.1 Å². The van der Waals surface area contributed by atoms with Gasteiger partial charge in [0.15, 0.2) is 9.84 Å². The van der Waals surface area contributed by atoms with E-state index < -0.39 is 9.84 Å². The number of sulfone groups is 1. The van der Waals surface area contributed by atoms with E-state index in [0.29, 0.717) is 6.42 Å². The van der Waals surface area contributed by atoms with Crippen molar-refractivity contribution in [3.05, 3.63) is 35.9 Å². The average molecular weight is 297 g/mol. The molecule has 0 fully saturated rings. The Morgan fingerprint density at radius 3 is 2.35 bits per heavy atom. The van der Waals surface area contributed by atoms with Crippen molar-refractivity contribution in [3.8, 4) is 0 Å². The minimum Gasteiger partial charge on any atom is -0.316 e. The minimum absolute atomic E-state index is 0.260. The lowest BCUT2D eigenvalue weighted by atomic mass is 9.96. The number of benzene rings is 1. The molecule has 0 heterocycles. The molecule has 0 aliphatic heterocycles. The summed E-state index contributed by atoms with van der Waals surface area (Å²) in [6.45, 7) is 7.45. The Hall–Kier alpha value is -0.870. The third-order valence-corrected chi connectivity index (χ3v) is 5.80. The highest BCUT2D eigenvalue weighted by Crippen LogP contribution is 2.20. The number of nitrogens with one attached hydrogen (secondary N) is 1. The highest BCUT2D eigenvalue weighted by molar-refractivity contribution is 7.91. The van der Waals surface area contributed by atoms with Gasteiger partial charge in [0.2, 0.25) is 0 Å². The van der Waals surface area contributed by atoms with Gasteiger partial charge in [0.25, 0.3) is 0 Å².